The molecule has 0 heterocycles. The third-order valence-electron chi connectivity index (χ3n) is 0.499. The number of hydrogen-bond acceptors (Lipinski definition) is 7. The maximum absolute atomic E-state index is 9.53. The molecule has 82 valence electrons. The van der Waals surface area contributed by atoms with Crippen LogP contribution in [0.5, 0.6) is 0 Å². The van der Waals surface area contributed by atoms with Gasteiger partial charge in [-0.3, -0.25) is 0 Å². The number of rotatable bonds is 2. The summed E-state index contributed by atoms with van der Waals surface area (Å²) in [6.07, 6.45) is 0. The average molecular weight is 202 g/mol. The first-order chi connectivity index (χ1) is 4.91. The summed E-state index contributed by atoms with van der Waals surface area (Å²) in [5.74, 6) is -1.43. The van der Waals surface area contributed by atoms with Gasteiger partial charge in [-0.15, -0.1) is 0 Å². The van der Waals surface area contributed by atoms with Gasteiger partial charge in [0.25, 0.3) is 0 Å². The molecule has 1 atom stereocenters. The lowest BCUT2D eigenvalue weighted by Crippen LogP contribution is -2.44. The molecule has 0 spiro atoms. The smallest absolute Gasteiger partial charge is 0.0689 e. The molecular weight excluding hydrogens is 188 g/mol. The van der Waals surface area contributed by atoms with Crippen LogP contribution in [0.2, 0.25) is 0 Å². The lowest BCUT2D eigenvalue weighted by atomic mass is 10.3. The van der Waals surface area contributed by atoms with Crippen molar-refractivity contribution in [3.05, 3.63) is 15.3 Å². The predicted molar refractivity (Wildman–Crippen MR) is 42.4 cm³/mol. The van der Waals surface area contributed by atoms with E-state index in [4.69, 9.17) is 26.2 Å². The minimum absolute atomic E-state index is 0. The summed E-state index contributed by atoms with van der Waals surface area (Å²) in [5, 5.41) is 32.2. The van der Waals surface area contributed by atoms with Crippen LogP contribution in [0.25, 0.3) is 0 Å². The number of carboxylic acid groups (broad SMARTS) is 1. The third kappa shape index (κ3) is 37.4. The van der Waals surface area contributed by atoms with Gasteiger partial charge in [-0.2, -0.15) is 0 Å². The van der Waals surface area contributed by atoms with Gasteiger partial charge in [0, 0.05) is 0 Å². The number of aliphatic carboxylic acids is 1. The number of nitrogens with zero attached hydrogens (tertiary/aromatic N) is 1. The van der Waals surface area contributed by atoms with Crippen molar-refractivity contribution < 1.29 is 20.1 Å². The first kappa shape index (κ1) is 22.5. The van der Waals surface area contributed by atoms with Crippen LogP contribution in [0.3, 0.4) is 0 Å². The molecule has 0 amide bonds. The highest BCUT2D eigenvalue weighted by atomic mass is 16.9. The third-order valence-corrected chi connectivity index (χ3v) is 0.499. The standard InChI is InChI=1S/C3H7NO3.NO3.2H3N/c4-2(1-5)3(6)7;2-1(3)4;;/h2,5H,1,4H2,(H,6,7);;2*1H3/q;-1;;/p+1/t2-;;;/m0.../s1. The second-order valence-electron chi connectivity index (χ2n) is 1.33. The zero-order chi connectivity index (χ0) is 9.44. The van der Waals surface area contributed by atoms with Crippen LogP contribution in [0.4, 0.5) is 0 Å². The Hall–Kier alpha value is -1.49. The first-order valence-corrected chi connectivity index (χ1v) is 2.30. The van der Waals surface area contributed by atoms with Crippen molar-refractivity contribution in [2.75, 3.05) is 6.61 Å². The molecule has 0 aliphatic carbocycles. The van der Waals surface area contributed by atoms with Crippen molar-refractivity contribution >= 4 is 5.97 Å². The summed E-state index contributed by atoms with van der Waals surface area (Å²) in [7, 11) is 0. The SMILES string of the molecule is N[C@@H](CO)C(=O)[O-].O=[N+]([O-])[O-].[NH4+].[NH4+]. The molecule has 0 unspecified atom stereocenters. The van der Waals surface area contributed by atoms with Crippen LogP contribution in [-0.2, 0) is 4.79 Å². The van der Waals surface area contributed by atoms with Gasteiger partial charge >= 0.3 is 0 Å². The predicted octanol–water partition coefficient (Wildman–Crippen LogP) is -2.43. The quantitative estimate of drug-likeness (QED) is 0.279. The molecule has 0 fully saturated rings. The Morgan fingerprint density at radius 2 is 1.69 bits per heavy atom. The average Bonchev–Trinajstić information content (AvgIpc) is 1.85. The van der Waals surface area contributed by atoms with Gasteiger partial charge in [0.1, 0.15) is 0 Å². The van der Waals surface area contributed by atoms with E-state index in [0.29, 0.717) is 0 Å². The molecule has 0 aliphatic rings. The molecule has 0 aromatic carbocycles. The molecule has 13 heavy (non-hydrogen) atoms. The molecule has 0 aromatic heterocycles. The van der Waals surface area contributed by atoms with Gasteiger partial charge in [-0.25, -0.2) is 0 Å². The van der Waals surface area contributed by atoms with E-state index in [1.54, 1.807) is 0 Å². The molecule has 0 saturated heterocycles. The molecule has 0 aliphatic heterocycles. The summed E-state index contributed by atoms with van der Waals surface area (Å²) >= 11 is 0. The zero-order valence-electron chi connectivity index (χ0n) is 7.30. The van der Waals surface area contributed by atoms with Crippen molar-refractivity contribution in [2.24, 2.45) is 5.73 Å². The van der Waals surface area contributed by atoms with Gasteiger partial charge in [0.2, 0.25) is 0 Å². The summed E-state index contributed by atoms with van der Waals surface area (Å²) in [5.41, 5.74) is 4.70. The molecule has 0 aromatic rings. The zero-order valence-corrected chi connectivity index (χ0v) is 7.30. The van der Waals surface area contributed by atoms with Crippen molar-refractivity contribution in [3.8, 4) is 0 Å². The van der Waals surface area contributed by atoms with Crippen LogP contribution in [0, 0.1) is 15.3 Å². The van der Waals surface area contributed by atoms with Crippen LogP contribution < -0.4 is 23.1 Å². The highest BCUT2D eigenvalue weighted by molar-refractivity contribution is 5.70. The normalized spacial score (nSPS) is 9.08. The van der Waals surface area contributed by atoms with Crippen molar-refractivity contribution in [3.63, 3.8) is 0 Å². The maximum Gasteiger partial charge on any atom is 0.0689 e. The number of aliphatic hydroxyl groups is 1. The van der Waals surface area contributed by atoms with E-state index in [0.717, 1.165) is 0 Å². The van der Waals surface area contributed by atoms with Crippen molar-refractivity contribution in [1.82, 2.24) is 12.3 Å². The molecule has 10 heteroatoms. The van der Waals surface area contributed by atoms with E-state index in [9.17, 15) is 9.90 Å². The van der Waals surface area contributed by atoms with Gasteiger partial charge < -0.3 is 48.4 Å². The Kier molecular flexibility index (Phi) is 22.8. The van der Waals surface area contributed by atoms with Crippen LogP contribution in [0.15, 0.2) is 0 Å². The number of carboxylic acids is 1. The van der Waals surface area contributed by atoms with Gasteiger partial charge in [-0.1, -0.05) is 0 Å². The van der Waals surface area contributed by atoms with E-state index in [1.807, 2.05) is 0 Å². The number of quaternary nitrogens is 2. The summed E-state index contributed by atoms with van der Waals surface area (Å²) in [6.45, 7) is -0.567. The van der Waals surface area contributed by atoms with E-state index < -0.39 is 23.7 Å². The minimum Gasteiger partial charge on any atom is -0.548 e. The summed E-state index contributed by atoms with van der Waals surface area (Å²) in [4.78, 5) is 17.8. The van der Waals surface area contributed by atoms with E-state index >= 15 is 0 Å². The van der Waals surface area contributed by atoms with E-state index in [2.05, 4.69) is 0 Å². The molecule has 11 N–H and O–H groups in total. The molecule has 0 saturated carbocycles. The summed E-state index contributed by atoms with van der Waals surface area (Å²) in [6, 6.07) is -1.24. The van der Waals surface area contributed by atoms with Crippen LogP contribution >= 0.6 is 0 Å². The minimum atomic E-state index is -1.75. The maximum atomic E-state index is 9.53. The fourth-order valence-electron chi connectivity index (χ4n) is 0.0745. The molecular formula is C3H14N4O6. The van der Waals surface area contributed by atoms with Gasteiger partial charge in [0.15, 0.2) is 0 Å². The van der Waals surface area contributed by atoms with Crippen LogP contribution in [-0.4, -0.2) is 28.8 Å². The fraction of sp³-hybridized carbons (Fsp3) is 0.667. The Bertz CT molecular complexity index is 136. The highest BCUT2D eigenvalue weighted by Gasteiger charge is 1.96. The topological polar surface area (TPSA) is 226 Å². The molecule has 0 rings (SSSR count). The Morgan fingerprint density at radius 1 is 1.46 bits per heavy atom. The Morgan fingerprint density at radius 3 is 1.69 bits per heavy atom. The second-order valence-corrected chi connectivity index (χ2v) is 1.33. The first-order valence-electron chi connectivity index (χ1n) is 2.30. The Balaban J connectivity index is -0.0000000600. The lowest BCUT2D eigenvalue weighted by molar-refractivity contribution is -0.402. The number of hydrogen-bond donors (Lipinski definition) is 4. The number of aliphatic hydroxyl groups excluding tert-OH is 1. The van der Waals surface area contributed by atoms with E-state index in [-0.39, 0.29) is 12.3 Å². The van der Waals surface area contributed by atoms with Gasteiger partial charge in [0.05, 0.1) is 23.7 Å². The van der Waals surface area contributed by atoms with Crippen molar-refractivity contribution in [1.29, 1.82) is 0 Å². The monoisotopic (exact) mass is 202 g/mol. The number of nitrogens with two attached hydrogens (primary N) is 1. The largest absolute Gasteiger partial charge is 0.548 e. The Labute approximate surface area is 73.2 Å². The highest BCUT2D eigenvalue weighted by Crippen LogP contribution is 1.66. The fourth-order valence-corrected chi connectivity index (χ4v) is 0.0745. The van der Waals surface area contributed by atoms with Crippen molar-refractivity contribution in [2.45, 2.75) is 6.04 Å². The summed E-state index contributed by atoms with van der Waals surface area (Å²) < 4.78 is 0. The number of carbonyl (C=O) groups is 1. The molecule has 0 radical (unpaired) electrons. The van der Waals surface area contributed by atoms with Gasteiger partial charge in [-0.05, 0) is 0 Å². The lowest BCUT2D eigenvalue weighted by Gasteiger charge is -2.06. The van der Waals surface area contributed by atoms with E-state index in [1.165, 1.54) is 0 Å². The molecule has 0 bridgehead atoms. The number of carbonyl (C=O) groups excluding carboxylic acids is 1. The van der Waals surface area contributed by atoms with Crippen LogP contribution in [0.1, 0.15) is 0 Å². The second kappa shape index (κ2) is 13.1. The molecule has 10 nitrogen and oxygen atoms in total.